The van der Waals surface area contributed by atoms with Crippen molar-refractivity contribution in [3.05, 3.63) is 65.2 Å². The maximum absolute atomic E-state index is 13.0. The third kappa shape index (κ3) is 3.12. The van der Waals surface area contributed by atoms with E-state index in [1.165, 1.54) is 12.0 Å². The molecule has 4 heteroatoms. The molecule has 2 atom stereocenters. The maximum atomic E-state index is 13.0. The normalized spacial score (nSPS) is 24.3. The summed E-state index contributed by atoms with van der Waals surface area (Å²) in [7, 11) is 1.57. The molecule has 2 unspecified atom stereocenters. The topological polar surface area (TPSA) is 49.8 Å². The molecule has 2 aliphatic rings. The summed E-state index contributed by atoms with van der Waals surface area (Å²) in [4.78, 5) is 15.0. The Labute approximate surface area is 162 Å². The third-order valence-electron chi connectivity index (χ3n) is 6.24. The van der Waals surface area contributed by atoms with Gasteiger partial charge in [-0.1, -0.05) is 36.4 Å². The summed E-state index contributed by atoms with van der Waals surface area (Å²) < 4.78 is 5.42. The van der Waals surface area contributed by atoms with Crippen molar-refractivity contribution in [3.63, 3.8) is 0 Å². The second kappa shape index (κ2) is 6.38. The first kappa shape index (κ1) is 18.1. The monoisotopic (exact) mass is 367 g/mol. The van der Waals surface area contributed by atoms with Crippen LogP contribution in [0, 0.1) is 5.92 Å². The van der Waals surface area contributed by atoms with E-state index in [4.69, 9.17) is 4.74 Å². The minimum absolute atomic E-state index is 0. The quantitative estimate of drug-likeness (QED) is 0.889. The molecule has 2 aromatic rings. The van der Waals surface area contributed by atoms with Crippen LogP contribution in [0.3, 0.4) is 0 Å². The first-order valence-electron chi connectivity index (χ1n) is 9.61. The average Bonchev–Trinajstić information content (AvgIpc) is 3.42. The van der Waals surface area contributed by atoms with Gasteiger partial charge in [-0.25, -0.2) is 0 Å². The maximum Gasteiger partial charge on any atom is 0.253 e. The Bertz CT molecular complexity index is 862. The zero-order chi connectivity index (χ0) is 19.2. The van der Waals surface area contributed by atoms with Crippen molar-refractivity contribution in [1.29, 1.82) is 0 Å². The number of likely N-dealkylation sites (tertiary alicyclic amines) is 1. The Morgan fingerprint density at radius 3 is 2.63 bits per heavy atom. The molecule has 1 N–H and O–H groups in total. The van der Waals surface area contributed by atoms with Crippen LogP contribution in [0.25, 0.3) is 0 Å². The number of nitrogens with zero attached hydrogens (tertiary/aromatic N) is 1. The molecule has 0 aromatic heterocycles. The number of ether oxygens (including phenoxy) is 1. The van der Waals surface area contributed by atoms with Gasteiger partial charge in [0.05, 0.1) is 12.7 Å². The van der Waals surface area contributed by atoms with E-state index in [-0.39, 0.29) is 12.7 Å². The van der Waals surface area contributed by atoms with E-state index in [0.717, 1.165) is 19.5 Å². The molecule has 4 rings (SSSR count). The summed E-state index contributed by atoms with van der Waals surface area (Å²) in [5.74, 6) is 1.15. The van der Waals surface area contributed by atoms with Crippen LogP contribution >= 0.6 is 0 Å². The highest BCUT2D eigenvalue weighted by Gasteiger charge is 2.57. The molecule has 1 aliphatic carbocycles. The van der Waals surface area contributed by atoms with Crippen molar-refractivity contribution in [3.8, 4) is 5.75 Å². The lowest BCUT2D eigenvalue weighted by Gasteiger charge is -2.32. The highest BCUT2D eigenvalue weighted by Crippen LogP contribution is 2.59. The molecule has 2 aromatic carbocycles. The van der Waals surface area contributed by atoms with Crippen LogP contribution in [0.4, 0.5) is 0 Å². The molecule has 4 nitrogen and oxygen atoms in total. The summed E-state index contributed by atoms with van der Waals surface area (Å²) in [5.41, 5.74) is 1.98. The number of carbonyl (C=O) groups is 1. The van der Waals surface area contributed by atoms with Gasteiger partial charge < -0.3 is 14.7 Å². The number of rotatable bonds is 4. The summed E-state index contributed by atoms with van der Waals surface area (Å²) in [6, 6.07) is 16.0. The Morgan fingerprint density at radius 1 is 1.26 bits per heavy atom. The lowest BCUT2D eigenvalue weighted by atomic mass is 9.87. The summed E-state index contributed by atoms with van der Waals surface area (Å²) >= 11 is 0. The largest absolute Gasteiger partial charge is 0.496 e. The van der Waals surface area contributed by atoms with Crippen molar-refractivity contribution in [2.24, 2.45) is 5.92 Å². The third-order valence-corrected chi connectivity index (χ3v) is 6.24. The molecule has 1 aliphatic heterocycles. The van der Waals surface area contributed by atoms with Crippen LogP contribution in [0.2, 0.25) is 0 Å². The Morgan fingerprint density at radius 2 is 2.00 bits per heavy atom. The van der Waals surface area contributed by atoms with E-state index in [0.29, 0.717) is 22.8 Å². The highest BCUT2D eigenvalue weighted by atomic mass is 16.5. The summed E-state index contributed by atoms with van der Waals surface area (Å²) in [6.45, 7) is 5.02. The van der Waals surface area contributed by atoms with E-state index in [1.54, 1.807) is 39.2 Å². The van der Waals surface area contributed by atoms with Gasteiger partial charge in [0, 0.05) is 31.1 Å². The molecule has 2 fully saturated rings. The molecule has 0 bridgehead atoms. The summed E-state index contributed by atoms with van der Waals surface area (Å²) in [6.07, 6.45) is 2.19. The van der Waals surface area contributed by atoms with Gasteiger partial charge in [0.15, 0.2) is 0 Å². The highest BCUT2D eigenvalue weighted by molar-refractivity contribution is 5.95. The first-order valence-corrected chi connectivity index (χ1v) is 9.61. The summed E-state index contributed by atoms with van der Waals surface area (Å²) in [5, 5.41) is 10.3. The molecule has 1 saturated heterocycles. The van der Waals surface area contributed by atoms with Gasteiger partial charge in [-0.2, -0.15) is 0 Å². The number of methoxy groups -OCH3 is 1. The fraction of sp³-hybridized carbons (Fsp3) is 0.435. The van der Waals surface area contributed by atoms with Gasteiger partial charge in [0.25, 0.3) is 5.91 Å². The van der Waals surface area contributed by atoms with Crippen molar-refractivity contribution < 1.29 is 16.1 Å². The van der Waals surface area contributed by atoms with Crippen molar-refractivity contribution in [2.75, 3.05) is 20.2 Å². The smallest absolute Gasteiger partial charge is 0.253 e. The fourth-order valence-electron chi connectivity index (χ4n) is 4.58. The van der Waals surface area contributed by atoms with Gasteiger partial charge in [0.1, 0.15) is 5.75 Å². The van der Waals surface area contributed by atoms with Crippen LogP contribution < -0.4 is 4.74 Å². The molecule has 27 heavy (non-hydrogen) atoms. The van der Waals surface area contributed by atoms with Gasteiger partial charge in [-0.3, -0.25) is 4.79 Å². The van der Waals surface area contributed by atoms with E-state index in [2.05, 4.69) is 30.3 Å². The molecular weight excluding hydrogens is 338 g/mol. The molecule has 0 radical (unpaired) electrons. The molecule has 1 saturated carbocycles. The lowest BCUT2D eigenvalue weighted by Crippen LogP contribution is -2.40. The standard InChI is InChI=1S/C23H27NO3.H2/c1-22(2,26)19-10-9-16(13-20(19)27-3)21(25)24-12-11-23(14-18(23)15-24)17-7-5-4-6-8-17;/h4-10,13,18,26H,11-12,14-15H2,1-3H3;1H. The van der Waals surface area contributed by atoms with Crippen LogP contribution in [0.5, 0.6) is 5.75 Å². The van der Waals surface area contributed by atoms with E-state index < -0.39 is 5.60 Å². The predicted octanol–water partition coefficient (Wildman–Crippen LogP) is 3.97. The number of aliphatic hydroxyl groups is 1. The first-order chi connectivity index (χ1) is 12.8. The predicted molar refractivity (Wildman–Crippen MR) is 107 cm³/mol. The van der Waals surface area contributed by atoms with Crippen molar-refractivity contribution in [1.82, 2.24) is 4.90 Å². The van der Waals surface area contributed by atoms with Crippen molar-refractivity contribution in [2.45, 2.75) is 37.7 Å². The Kier molecular flexibility index (Phi) is 4.26. The number of amides is 1. The minimum Gasteiger partial charge on any atom is -0.496 e. The second-order valence-corrected chi connectivity index (χ2v) is 8.40. The number of hydrogen-bond donors (Lipinski definition) is 1. The van der Waals surface area contributed by atoms with Gasteiger partial charge in [-0.05, 0) is 50.3 Å². The van der Waals surface area contributed by atoms with Crippen molar-refractivity contribution >= 4 is 5.91 Å². The zero-order valence-electron chi connectivity index (χ0n) is 16.2. The number of hydrogen-bond acceptors (Lipinski definition) is 3. The van der Waals surface area contributed by atoms with E-state index >= 15 is 0 Å². The van der Waals surface area contributed by atoms with Gasteiger partial charge >= 0.3 is 0 Å². The SMILES string of the molecule is COc1cc(C(=O)N2CCC3(c4ccccc4)CC3C2)ccc1C(C)(C)O.[HH]. The van der Waals surface area contributed by atoms with Crippen LogP contribution in [0.15, 0.2) is 48.5 Å². The number of piperidine rings is 1. The second-order valence-electron chi connectivity index (χ2n) is 8.40. The lowest BCUT2D eigenvalue weighted by molar-refractivity contribution is 0.0698. The molecule has 0 spiro atoms. The van der Waals surface area contributed by atoms with E-state index in [1.807, 2.05) is 4.90 Å². The Balaban J connectivity index is 0.00000225. The molecule has 144 valence electrons. The van der Waals surface area contributed by atoms with E-state index in [9.17, 15) is 9.90 Å². The average molecular weight is 367 g/mol. The minimum atomic E-state index is -1.01. The van der Waals surface area contributed by atoms with Crippen LogP contribution in [-0.2, 0) is 11.0 Å². The zero-order valence-corrected chi connectivity index (χ0v) is 16.2. The number of carbonyl (C=O) groups excluding carboxylic acids is 1. The number of benzene rings is 2. The molecular formula is C23H29NO3. The molecule has 1 amide bonds. The number of fused-ring (bicyclic) bond motifs is 1. The Hall–Kier alpha value is -2.33. The fourth-order valence-corrected chi connectivity index (χ4v) is 4.58. The van der Waals surface area contributed by atoms with Gasteiger partial charge in [-0.15, -0.1) is 0 Å². The van der Waals surface area contributed by atoms with Crippen LogP contribution in [-0.4, -0.2) is 36.1 Å². The molecule has 1 heterocycles. The van der Waals surface area contributed by atoms with Gasteiger partial charge in [0.2, 0.25) is 0 Å². The van der Waals surface area contributed by atoms with Crippen LogP contribution in [0.1, 0.15) is 49.6 Å².